The average molecular weight is 364 g/mol. The van der Waals surface area contributed by atoms with Crippen LogP contribution >= 0.6 is 15.9 Å². The molecule has 2 aliphatic rings. The molecule has 1 atom stereocenters. The summed E-state index contributed by atoms with van der Waals surface area (Å²) < 4.78 is 24.6. The summed E-state index contributed by atoms with van der Waals surface area (Å²) in [7, 11) is 0. The van der Waals surface area contributed by atoms with Gasteiger partial charge in [0.1, 0.15) is 5.82 Å². The highest BCUT2D eigenvalue weighted by Crippen LogP contribution is 2.45. The van der Waals surface area contributed by atoms with E-state index in [4.69, 9.17) is 9.47 Å². The molecule has 0 aliphatic carbocycles. The van der Waals surface area contributed by atoms with Gasteiger partial charge in [-0.15, -0.1) is 0 Å². The van der Waals surface area contributed by atoms with E-state index in [9.17, 15) is 9.18 Å². The third kappa shape index (κ3) is 2.14. The monoisotopic (exact) mass is 363 g/mol. The van der Waals surface area contributed by atoms with Crippen molar-refractivity contribution in [1.29, 1.82) is 0 Å². The Bertz CT molecular complexity index is 793. The third-order valence-corrected chi connectivity index (χ3v) is 4.54. The summed E-state index contributed by atoms with van der Waals surface area (Å²) >= 11 is 3.20. The first-order valence-corrected chi connectivity index (χ1v) is 7.59. The van der Waals surface area contributed by atoms with Gasteiger partial charge >= 0.3 is 0 Å². The van der Waals surface area contributed by atoms with Crippen molar-refractivity contribution in [2.75, 3.05) is 12.1 Å². The van der Waals surface area contributed by atoms with Gasteiger partial charge in [-0.3, -0.25) is 4.79 Å². The average Bonchev–Trinajstić information content (AvgIpc) is 2.94. The number of ether oxygens (including phenoxy) is 2. The molecular weight excluding hydrogens is 353 g/mol. The van der Waals surface area contributed by atoms with E-state index in [2.05, 4.69) is 21.2 Å². The minimum atomic E-state index is -0.324. The van der Waals surface area contributed by atoms with Crippen LogP contribution in [0.2, 0.25) is 0 Å². The molecule has 0 fully saturated rings. The lowest BCUT2D eigenvalue weighted by Gasteiger charge is -2.26. The first-order valence-electron chi connectivity index (χ1n) is 6.80. The van der Waals surface area contributed by atoms with Crippen molar-refractivity contribution in [3.8, 4) is 11.5 Å². The van der Waals surface area contributed by atoms with Gasteiger partial charge in [-0.2, -0.15) is 0 Å². The van der Waals surface area contributed by atoms with E-state index < -0.39 is 0 Å². The molecule has 112 valence electrons. The number of fused-ring (bicyclic) bond motifs is 2. The normalized spacial score (nSPS) is 18.8. The Morgan fingerprint density at radius 2 is 1.95 bits per heavy atom. The predicted octanol–water partition coefficient (Wildman–Crippen LogP) is 3.79. The maximum absolute atomic E-state index is 13.5. The molecule has 2 aromatic carbocycles. The number of nitrogens with one attached hydrogen (secondary N) is 1. The van der Waals surface area contributed by atoms with E-state index in [1.165, 1.54) is 6.07 Å². The van der Waals surface area contributed by atoms with E-state index >= 15 is 0 Å². The number of hydrogen-bond acceptors (Lipinski definition) is 3. The van der Waals surface area contributed by atoms with E-state index in [-0.39, 0.29) is 24.4 Å². The Morgan fingerprint density at radius 1 is 1.18 bits per heavy atom. The lowest BCUT2D eigenvalue weighted by molar-refractivity contribution is -0.116. The number of halogens is 2. The Labute approximate surface area is 134 Å². The molecule has 1 amide bonds. The molecule has 0 saturated heterocycles. The molecule has 2 heterocycles. The smallest absolute Gasteiger partial charge is 0.231 e. The summed E-state index contributed by atoms with van der Waals surface area (Å²) in [5, 5.41) is 2.86. The van der Waals surface area contributed by atoms with Gasteiger partial charge in [0.25, 0.3) is 0 Å². The lowest BCUT2D eigenvalue weighted by Crippen LogP contribution is -2.23. The molecule has 2 aromatic rings. The van der Waals surface area contributed by atoms with E-state index in [1.807, 2.05) is 6.07 Å². The second-order valence-corrected chi connectivity index (χ2v) is 6.13. The number of rotatable bonds is 1. The van der Waals surface area contributed by atoms with Gasteiger partial charge in [0, 0.05) is 24.1 Å². The number of hydrogen-bond donors (Lipinski definition) is 1. The molecule has 6 heteroatoms. The second-order valence-electron chi connectivity index (χ2n) is 5.27. The van der Waals surface area contributed by atoms with Crippen molar-refractivity contribution in [3.63, 3.8) is 0 Å². The van der Waals surface area contributed by atoms with E-state index in [1.54, 1.807) is 18.2 Å². The molecule has 4 nitrogen and oxygen atoms in total. The van der Waals surface area contributed by atoms with Crippen LogP contribution in [-0.4, -0.2) is 12.7 Å². The molecule has 0 saturated carbocycles. The number of carbonyl (C=O) groups excluding carboxylic acids is 1. The van der Waals surface area contributed by atoms with Crippen LogP contribution in [-0.2, 0) is 4.79 Å². The molecule has 0 bridgehead atoms. The summed E-state index contributed by atoms with van der Waals surface area (Å²) in [6.45, 7) is 0.180. The molecule has 0 unspecified atom stereocenters. The van der Waals surface area contributed by atoms with Crippen LogP contribution in [0.3, 0.4) is 0 Å². The van der Waals surface area contributed by atoms with Gasteiger partial charge in [0.15, 0.2) is 11.5 Å². The summed E-state index contributed by atoms with van der Waals surface area (Å²) in [5.74, 6) is 0.753. The quantitative estimate of drug-likeness (QED) is 0.838. The topological polar surface area (TPSA) is 47.6 Å². The SMILES string of the molecule is O=C1C[C@@H](c2ccc(F)c(Br)c2)c2cc3c(cc2N1)OCO3. The van der Waals surface area contributed by atoms with Gasteiger partial charge < -0.3 is 14.8 Å². The summed E-state index contributed by atoms with van der Waals surface area (Å²) in [5.41, 5.74) is 2.54. The van der Waals surface area contributed by atoms with Crippen molar-refractivity contribution in [1.82, 2.24) is 0 Å². The van der Waals surface area contributed by atoms with Crippen LogP contribution in [0.4, 0.5) is 10.1 Å². The zero-order valence-electron chi connectivity index (χ0n) is 11.4. The summed E-state index contributed by atoms with van der Waals surface area (Å²) in [6.07, 6.45) is 0.310. The van der Waals surface area contributed by atoms with Crippen molar-refractivity contribution < 1.29 is 18.7 Å². The maximum Gasteiger partial charge on any atom is 0.231 e. The predicted molar refractivity (Wildman–Crippen MR) is 81.8 cm³/mol. The number of anilines is 1. The maximum atomic E-state index is 13.5. The largest absolute Gasteiger partial charge is 0.454 e. The first-order chi connectivity index (χ1) is 10.6. The van der Waals surface area contributed by atoms with E-state index in [0.29, 0.717) is 28.1 Å². The summed E-state index contributed by atoms with van der Waals surface area (Å²) in [4.78, 5) is 12.0. The molecule has 0 radical (unpaired) electrons. The van der Waals surface area contributed by atoms with Crippen molar-refractivity contribution in [3.05, 3.63) is 51.7 Å². The number of benzene rings is 2. The third-order valence-electron chi connectivity index (χ3n) is 3.93. The van der Waals surface area contributed by atoms with Crippen molar-refractivity contribution >= 4 is 27.5 Å². The number of amides is 1. The fourth-order valence-electron chi connectivity index (χ4n) is 2.88. The molecule has 22 heavy (non-hydrogen) atoms. The molecule has 0 spiro atoms. The summed E-state index contributed by atoms with van der Waals surface area (Å²) in [6, 6.07) is 8.49. The van der Waals surface area contributed by atoms with E-state index in [0.717, 1.165) is 11.1 Å². The fraction of sp³-hybridized carbons (Fsp3) is 0.188. The molecule has 2 aliphatic heterocycles. The highest BCUT2D eigenvalue weighted by Gasteiger charge is 2.30. The molecule has 1 N–H and O–H groups in total. The van der Waals surface area contributed by atoms with Gasteiger partial charge in [-0.1, -0.05) is 6.07 Å². The Balaban J connectivity index is 1.84. The van der Waals surface area contributed by atoms with Gasteiger partial charge in [-0.25, -0.2) is 4.39 Å². The Kier molecular flexibility index (Phi) is 3.07. The zero-order chi connectivity index (χ0) is 15.3. The minimum Gasteiger partial charge on any atom is -0.454 e. The highest BCUT2D eigenvalue weighted by molar-refractivity contribution is 9.10. The lowest BCUT2D eigenvalue weighted by atomic mass is 9.84. The second kappa shape index (κ2) is 4.98. The zero-order valence-corrected chi connectivity index (χ0v) is 12.9. The minimum absolute atomic E-state index is 0.0724. The van der Waals surface area contributed by atoms with Crippen molar-refractivity contribution in [2.24, 2.45) is 0 Å². The fourth-order valence-corrected chi connectivity index (χ4v) is 3.27. The molecule has 0 aromatic heterocycles. The molecular formula is C16H11BrFNO3. The first kappa shape index (κ1) is 13.6. The van der Waals surface area contributed by atoms with Gasteiger partial charge in [-0.05, 0) is 45.3 Å². The van der Waals surface area contributed by atoms with Crippen LogP contribution in [0.1, 0.15) is 23.5 Å². The highest BCUT2D eigenvalue weighted by atomic mass is 79.9. The van der Waals surface area contributed by atoms with Crippen molar-refractivity contribution in [2.45, 2.75) is 12.3 Å². The van der Waals surface area contributed by atoms with Crippen LogP contribution in [0.15, 0.2) is 34.8 Å². The Morgan fingerprint density at radius 3 is 2.73 bits per heavy atom. The van der Waals surface area contributed by atoms with Gasteiger partial charge in [0.2, 0.25) is 12.7 Å². The number of carbonyl (C=O) groups is 1. The van der Waals surface area contributed by atoms with Crippen LogP contribution in [0, 0.1) is 5.82 Å². The standard InChI is InChI=1S/C16H11BrFNO3/c17-11-3-8(1-2-12(11)18)9-5-16(20)19-13-6-15-14(4-10(9)13)21-7-22-15/h1-4,6,9H,5,7H2,(H,19,20)/t9-/m0/s1. The van der Waals surface area contributed by atoms with Crippen LogP contribution < -0.4 is 14.8 Å². The Hall–Kier alpha value is -2.08. The van der Waals surface area contributed by atoms with Crippen LogP contribution in [0.25, 0.3) is 0 Å². The van der Waals surface area contributed by atoms with Gasteiger partial charge in [0.05, 0.1) is 4.47 Å². The molecule has 4 rings (SSSR count). The van der Waals surface area contributed by atoms with Crippen LogP contribution in [0.5, 0.6) is 11.5 Å².